The topological polar surface area (TPSA) is 25.4 Å². The number of aromatic nitrogens is 1. The van der Waals surface area contributed by atoms with E-state index in [0.717, 1.165) is 17.1 Å². The van der Waals surface area contributed by atoms with E-state index in [2.05, 4.69) is 28.1 Å². The molecule has 1 aromatic heterocycles. The van der Waals surface area contributed by atoms with Crippen LogP contribution in [0.4, 0.5) is 0 Å². The molecule has 23 heavy (non-hydrogen) atoms. The highest BCUT2D eigenvalue weighted by molar-refractivity contribution is 5.52. The second kappa shape index (κ2) is 6.17. The van der Waals surface area contributed by atoms with Crippen molar-refractivity contribution in [2.75, 3.05) is 13.1 Å². The van der Waals surface area contributed by atoms with E-state index in [0.29, 0.717) is 5.54 Å². The number of para-hydroxylation sites is 1. The van der Waals surface area contributed by atoms with Gasteiger partial charge in [-0.15, -0.1) is 0 Å². The smallest absolute Gasteiger partial charge is 0.146 e. The molecule has 1 aromatic carbocycles. The summed E-state index contributed by atoms with van der Waals surface area (Å²) in [5.74, 6) is 1.62. The lowest BCUT2D eigenvalue weighted by atomic mass is 9.93. The zero-order chi connectivity index (χ0) is 15.5. The lowest BCUT2D eigenvalue weighted by Gasteiger charge is -2.28. The summed E-state index contributed by atoms with van der Waals surface area (Å²) < 4.78 is 5.87. The Morgan fingerprint density at radius 1 is 1.00 bits per heavy atom. The van der Waals surface area contributed by atoms with E-state index in [9.17, 15) is 0 Å². The molecule has 0 atom stereocenters. The fourth-order valence-electron chi connectivity index (χ4n) is 3.88. The zero-order valence-electron chi connectivity index (χ0n) is 13.3. The summed E-state index contributed by atoms with van der Waals surface area (Å²) in [5.41, 5.74) is 1.41. The number of rotatable bonds is 4. The van der Waals surface area contributed by atoms with Crippen molar-refractivity contribution in [2.24, 2.45) is 0 Å². The average Bonchev–Trinajstić information content (AvgIpc) is 3.14. The lowest BCUT2D eigenvalue weighted by Crippen LogP contribution is -2.35. The van der Waals surface area contributed by atoms with Crippen LogP contribution in [0.1, 0.15) is 31.2 Å². The average molecular weight is 306 g/mol. The van der Waals surface area contributed by atoms with Crippen molar-refractivity contribution in [1.29, 1.82) is 0 Å². The van der Waals surface area contributed by atoms with Crippen molar-refractivity contribution in [1.82, 2.24) is 9.88 Å². The Labute approximate surface area is 137 Å². The van der Waals surface area contributed by atoms with Crippen LogP contribution in [-0.2, 0) is 0 Å². The number of hydrogen-bond acceptors (Lipinski definition) is 3. The highest BCUT2D eigenvalue weighted by Crippen LogP contribution is 2.40. The largest absolute Gasteiger partial charge is 0.456 e. The van der Waals surface area contributed by atoms with Gasteiger partial charge in [0.05, 0.1) is 6.20 Å². The molecule has 0 N–H and O–H groups in total. The van der Waals surface area contributed by atoms with E-state index < -0.39 is 0 Å². The van der Waals surface area contributed by atoms with Gasteiger partial charge in [-0.3, -0.25) is 9.88 Å². The molecule has 0 bridgehead atoms. The Kier molecular flexibility index (Phi) is 3.88. The van der Waals surface area contributed by atoms with E-state index in [1.54, 1.807) is 6.20 Å². The molecule has 2 aromatic rings. The summed E-state index contributed by atoms with van der Waals surface area (Å²) in [5, 5.41) is 0. The van der Waals surface area contributed by atoms with Crippen molar-refractivity contribution in [3.05, 3.63) is 60.4 Å². The minimum Gasteiger partial charge on any atom is -0.456 e. The number of pyridine rings is 1. The van der Waals surface area contributed by atoms with E-state index in [4.69, 9.17) is 4.74 Å². The quantitative estimate of drug-likeness (QED) is 0.830. The fraction of sp³-hybridized carbons (Fsp3) is 0.350. The third-order valence-electron chi connectivity index (χ3n) is 5.00. The summed E-state index contributed by atoms with van der Waals surface area (Å²) in [6.07, 6.45) is 13.5. The van der Waals surface area contributed by atoms with Gasteiger partial charge < -0.3 is 4.74 Å². The van der Waals surface area contributed by atoms with Crippen molar-refractivity contribution in [3.63, 3.8) is 0 Å². The lowest BCUT2D eigenvalue weighted by molar-refractivity contribution is 0.251. The first-order chi connectivity index (χ1) is 11.3. The zero-order valence-corrected chi connectivity index (χ0v) is 13.3. The Morgan fingerprint density at radius 2 is 1.78 bits per heavy atom. The van der Waals surface area contributed by atoms with Gasteiger partial charge in [-0.2, -0.15) is 0 Å². The predicted molar refractivity (Wildman–Crippen MR) is 92.6 cm³/mol. The number of benzene rings is 1. The molecule has 2 fully saturated rings. The van der Waals surface area contributed by atoms with Gasteiger partial charge >= 0.3 is 0 Å². The normalized spacial score (nSPS) is 20.0. The van der Waals surface area contributed by atoms with Gasteiger partial charge in [0.2, 0.25) is 0 Å². The minimum absolute atomic E-state index is 0.302. The van der Waals surface area contributed by atoms with Crippen molar-refractivity contribution < 1.29 is 4.74 Å². The van der Waals surface area contributed by atoms with Crippen LogP contribution in [0.25, 0.3) is 6.08 Å². The van der Waals surface area contributed by atoms with E-state index in [1.807, 2.05) is 36.5 Å². The SMILES string of the molecule is C(=CC12CCCN1CCC2)c1cncc(Oc2ccccc2)c1. The molecule has 2 aliphatic rings. The molecule has 2 saturated heterocycles. The van der Waals surface area contributed by atoms with E-state index >= 15 is 0 Å². The molecule has 2 aliphatic heterocycles. The number of nitrogens with zero attached hydrogens (tertiary/aromatic N) is 2. The number of ether oxygens (including phenoxy) is 1. The minimum atomic E-state index is 0.302. The maximum absolute atomic E-state index is 5.87. The molecule has 0 amide bonds. The Bertz CT molecular complexity index is 686. The summed E-state index contributed by atoms with van der Waals surface area (Å²) in [7, 11) is 0. The Hall–Kier alpha value is -2.13. The van der Waals surface area contributed by atoms with Gasteiger partial charge in [-0.1, -0.05) is 30.4 Å². The maximum Gasteiger partial charge on any atom is 0.146 e. The van der Waals surface area contributed by atoms with Crippen LogP contribution in [-0.4, -0.2) is 28.5 Å². The fourth-order valence-corrected chi connectivity index (χ4v) is 3.88. The molecule has 118 valence electrons. The van der Waals surface area contributed by atoms with Gasteiger partial charge in [0, 0.05) is 11.7 Å². The summed E-state index contributed by atoms with van der Waals surface area (Å²) in [6, 6.07) is 11.9. The maximum atomic E-state index is 5.87. The van der Waals surface area contributed by atoms with Crippen LogP contribution in [0.3, 0.4) is 0 Å². The monoisotopic (exact) mass is 306 g/mol. The molecular weight excluding hydrogens is 284 g/mol. The number of hydrogen-bond donors (Lipinski definition) is 0. The van der Waals surface area contributed by atoms with Crippen molar-refractivity contribution >= 4 is 6.08 Å². The molecule has 3 nitrogen and oxygen atoms in total. The predicted octanol–water partition coefficient (Wildman–Crippen LogP) is 4.52. The second-order valence-corrected chi connectivity index (χ2v) is 6.50. The Balaban J connectivity index is 1.51. The van der Waals surface area contributed by atoms with Crippen molar-refractivity contribution in [2.45, 2.75) is 31.2 Å². The molecule has 4 rings (SSSR count). The third-order valence-corrected chi connectivity index (χ3v) is 5.00. The number of fused-ring (bicyclic) bond motifs is 1. The highest BCUT2D eigenvalue weighted by Gasteiger charge is 2.41. The van der Waals surface area contributed by atoms with Crippen molar-refractivity contribution in [3.8, 4) is 11.5 Å². The molecule has 0 unspecified atom stereocenters. The molecule has 3 heterocycles. The van der Waals surface area contributed by atoms with Gasteiger partial charge in [0.15, 0.2) is 0 Å². The van der Waals surface area contributed by atoms with Gasteiger partial charge in [0.25, 0.3) is 0 Å². The van der Waals surface area contributed by atoms with Crippen LogP contribution in [0.5, 0.6) is 11.5 Å². The van der Waals surface area contributed by atoms with Crippen LogP contribution in [0, 0.1) is 0 Å². The summed E-state index contributed by atoms with van der Waals surface area (Å²) >= 11 is 0. The molecule has 0 spiro atoms. The molecule has 0 aliphatic carbocycles. The summed E-state index contributed by atoms with van der Waals surface area (Å²) in [6.45, 7) is 2.50. The molecule has 0 saturated carbocycles. The molecule has 3 heteroatoms. The van der Waals surface area contributed by atoms with E-state index in [-0.39, 0.29) is 0 Å². The van der Waals surface area contributed by atoms with E-state index in [1.165, 1.54) is 38.8 Å². The second-order valence-electron chi connectivity index (χ2n) is 6.50. The molecule has 0 radical (unpaired) electrons. The van der Waals surface area contributed by atoms with Crippen LogP contribution >= 0.6 is 0 Å². The van der Waals surface area contributed by atoms with Gasteiger partial charge in [-0.25, -0.2) is 0 Å². The third kappa shape index (κ3) is 3.02. The summed E-state index contributed by atoms with van der Waals surface area (Å²) in [4.78, 5) is 6.96. The Morgan fingerprint density at radius 3 is 2.57 bits per heavy atom. The standard InChI is InChI=1S/C20H22N2O/c1-2-6-18(7-3-1)23-19-14-17(15-21-16-19)8-11-20-9-4-12-22(20)13-5-10-20/h1-3,6-8,11,14-16H,4-5,9-10,12-13H2. The van der Waals surface area contributed by atoms with Gasteiger partial charge in [0.1, 0.15) is 11.5 Å². The first kappa shape index (κ1) is 14.5. The highest BCUT2D eigenvalue weighted by atomic mass is 16.5. The molecular formula is C20H22N2O. The first-order valence-corrected chi connectivity index (χ1v) is 8.46. The van der Waals surface area contributed by atoms with Gasteiger partial charge in [-0.05, 0) is 62.5 Å². The van der Waals surface area contributed by atoms with Crippen LogP contribution in [0.2, 0.25) is 0 Å². The van der Waals surface area contributed by atoms with Crippen LogP contribution < -0.4 is 4.74 Å². The van der Waals surface area contributed by atoms with Crippen LogP contribution in [0.15, 0.2) is 54.9 Å². The first-order valence-electron chi connectivity index (χ1n) is 8.46.